The van der Waals surface area contributed by atoms with E-state index < -0.39 is 5.41 Å². The van der Waals surface area contributed by atoms with E-state index in [2.05, 4.69) is 265 Å². The van der Waals surface area contributed by atoms with Gasteiger partial charge in [-0.15, -0.1) is 0 Å². The van der Waals surface area contributed by atoms with Crippen LogP contribution in [-0.2, 0) is 5.41 Å². The summed E-state index contributed by atoms with van der Waals surface area (Å²) in [5.41, 5.74) is 32.2. The van der Waals surface area contributed by atoms with Crippen LogP contribution in [0.3, 0.4) is 0 Å². The van der Waals surface area contributed by atoms with Crippen LogP contribution in [0.1, 0.15) is 22.3 Å². The number of fused-ring (bicyclic) bond motifs is 8. The highest BCUT2D eigenvalue weighted by Crippen LogP contribution is 2.75. The Hall–Kier alpha value is -10.3. The van der Waals surface area contributed by atoms with Gasteiger partial charge in [-0.25, -0.2) is 0 Å². The highest BCUT2D eigenvalue weighted by atomic mass is 15.2. The molecule has 14 aromatic rings. The van der Waals surface area contributed by atoms with E-state index in [4.69, 9.17) is 0 Å². The van der Waals surface area contributed by atoms with Gasteiger partial charge < -0.3 is 9.80 Å². The molecule has 0 bridgehead atoms. The molecule has 79 heavy (non-hydrogen) atoms. The van der Waals surface area contributed by atoms with Crippen LogP contribution >= 0.6 is 0 Å². The van der Waals surface area contributed by atoms with E-state index in [1.54, 1.807) is 0 Å². The number of benzene rings is 14. The van der Waals surface area contributed by atoms with Crippen LogP contribution in [0.15, 0.2) is 255 Å². The Kier molecular flexibility index (Phi) is 7.36. The number of hydrogen-bond donors (Lipinski definition) is 0. The largest absolute Gasteiger partial charge is 0.307 e. The summed E-state index contributed by atoms with van der Waals surface area (Å²) >= 11 is 0. The molecule has 20 rings (SSSR count). The molecule has 0 unspecified atom stereocenters. The fraction of sp³-hybridized carbons (Fsp3) is 0.0130. The average Bonchev–Trinajstić information content (AvgIpc) is 2.24. The van der Waals surface area contributed by atoms with Gasteiger partial charge in [-0.05, 0) is 147 Å². The van der Waals surface area contributed by atoms with E-state index in [1.807, 2.05) is 0 Å². The molecular weight excluding hydrogens is 953 g/mol. The molecular formula is C77H42N2. The van der Waals surface area contributed by atoms with Crippen LogP contribution in [0.5, 0.6) is 0 Å². The van der Waals surface area contributed by atoms with Crippen LogP contribution in [0, 0.1) is 0 Å². The number of anilines is 6. The zero-order valence-electron chi connectivity index (χ0n) is 42.6. The second kappa shape index (κ2) is 14.2. The highest BCUT2D eigenvalue weighted by Gasteiger charge is 2.57. The van der Waals surface area contributed by atoms with E-state index in [9.17, 15) is 0 Å². The maximum Gasteiger partial charge on any atom is 0.0784 e. The Morgan fingerprint density at radius 1 is 0.203 bits per heavy atom. The Morgan fingerprint density at radius 3 is 0.937 bits per heavy atom. The zero-order chi connectivity index (χ0) is 51.0. The first-order valence-corrected chi connectivity index (χ1v) is 27.7. The summed E-state index contributed by atoms with van der Waals surface area (Å²) in [7, 11) is 0. The van der Waals surface area contributed by atoms with Gasteiger partial charge in [0.15, 0.2) is 0 Å². The molecule has 0 aromatic heterocycles. The first kappa shape index (κ1) is 41.0. The molecule has 6 aliphatic rings. The predicted molar refractivity (Wildman–Crippen MR) is 329 cm³/mol. The van der Waals surface area contributed by atoms with Gasteiger partial charge in [-0.3, -0.25) is 0 Å². The monoisotopic (exact) mass is 994 g/mol. The molecule has 6 heterocycles. The molecule has 14 aromatic carbocycles. The lowest BCUT2D eigenvalue weighted by molar-refractivity contribution is 0.724. The molecule has 0 atom stereocenters. The molecule has 0 saturated carbocycles. The van der Waals surface area contributed by atoms with Crippen molar-refractivity contribution in [2.24, 2.45) is 0 Å². The van der Waals surface area contributed by atoms with Crippen LogP contribution in [0.4, 0.5) is 34.1 Å². The zero-order valence-corrected chi connectivity index (χ0v) is 42.6. The third-order valence-electron chi connectivity index (χ3n) is 19.0. The second-order valence-electron chi connectivity index (χ2n) is 22.6. The Morgan fingerprint density at radius 2 is 0.544 bits per heavy atom. The molecule has 0 radical (unpaired) electrons. The summed E-state index contributed by atoms with van der Waals surface area (Å²) < 4.78 is 0. The molecule has 0 aliphatic carbocycles. The second-order valence-corrected chi connectivity index (χ2v) is 22.6. The summed E-state index contributed by atoms with van der Waals surface area (Å²) in [6, 6.07) is 97.9. The van der Waals surface area contributed by atoms with Crippen molar-refractivity contribution >= 4 is 77.2 Å². The molecule has 6 aliphatic heterocycles. The van der Waals surface area contributed by atoms with Gasteiger partial charge in [0.25, 0.3) is 0 Å². The van der Waals surface area contributed by atoms with E-state index >= 15 is 0 Å². The van der Waals surface area contributed by atoms with Gasteiger partial charge in [-0.2, -0.15) is 0 Å². The van der Waals surface area contributed by atoms with Crippen molar-refractivity contribution in [1.82, 2.24) is 0 Å². The molecule has 360 valence electrons. The third-order valence-corrected chi connectivity index (χ3v) is 19.0. The van der Waals surface area contributed by atoms with E-state index in [-0.39, 0.29) is 0 Å². The lowest BCUT2D eigenvalue weighted by atomic mass is 9.56. The minimum atomic E-state index is -0.821. The first-order valence-electron chi connectivity index (χ1n) is 27.7. The summed E-state index contributed by atoms with van der Waals surface area (Å²) in [4.78, 5) is 5.52. The molecule has 2 heteroatoms. The Labute approximate surface area is 456 Å². The van der Waals surface area contributed by atoms with Crippen LogP contribution in [-0.4, -0.2) is 0 Å². The Bertz CT molecular complexity index is 4850. The van der Waals surface area contributed by atoms with Crippen molar-refractivity contribution < 1.29 is 0 Å². The number of rotatable bonds is 4. The summed E-state index contributed by atoms with van der Waals surface area (Å²) in [6.45, 7) is 0. The fourth-order valence-electron chi connectivity index (χ4n) is 16.1. The minimum absolute atomic E-state index is 0.821. The van der Waals surface area contributed by atoms with E-state index in [1.165, 1.54) is 188 Å². The first-order chi connectivity index (χ1) is 39.2. The van der Waals surface area contributed by atoms with Gasteiger partial charge in [-0.1, -0.05) is 218 Å². The van der Waals surface area contributed by atoms with Gasteiger partial charge in [0.2, 0.25) is 0 Å². The van der Waals surface area contributed by atoms with Crippen molar-refractivity contribution in [1.29, 1.82) is 0 Å². The number of nitrogens with zero attached hydrogens (tertiary/aromatic N) is 2. The molecule has 0 saturated heterocycles. The maximum atomic E-state index is 2.76. The number of hydrogen-bond acceptors (Lipinski definition) is 2. The smallest absolute Gasteiger partial charge is 0.0784 e. The van der Waals surface area contributed by atoms with Crippen LogP contribution in [0.25, 0.3) is 132 Å². The lowest BCUT2D eigenvalue weighted by Gasteiger charge is -2.56. The molecule has 0 N–H and O–H groups in total. The van der Waals surface area contributed by atoms with Gasteiger partial charge in [0.05, 0.1) is 39.5 Å². The van der Waals surface area contributed by atoms with E-state index in [0.29, 0.717) is 0 Å². The summed E-state index contributed by atoms with van der Waals surface area (Å²) in [5, 5.41) is 10.3. The quantitative estimate of drug-likeness (QED) is 0.173. The topological polar surface area (TPSA) is 6.48 Å². The normalized spacial score (nSPS) is 14.1. The lowest BCUT2D eigenvalue weighted by Crippen LogP contribution is -2.44. The van der Waals surface area contributed by atoms with Crippen LogP contribution in [0.2, 0.25) is 0 Å². The van der Waals surface area contributed by atoms with Crippen molar-refractivity contribution in [2.45, 2.75) is 5.41 Å². The predicted octanol–water partition coefficient (Wildman–Crippen LogP) is 20.8. The molecule has 0 amide bonds. The van der Waals surface area contributed by atoms with Crippen molar-refractivity contribution in [2.75, 3.05) is 9.80 Å². The molecule has 2 nitrogen and oxygen atoms in total. The highest BCUT2D eigenvalue weighted by molar-refractivity contribution is 6.31. The van der Waals surface area contributed by atoms with Crippen molar-refractivity contribution in [3.8, 4) is 89.0 Å². The minimum Gasteiger partial charge on any atom is -0.307 e. The molecule has 0 fully saturated rings. The summed E-state index contributed by atoms with van der Waals surface area (Å²) in [6.07, 6.45) is 0. The van der Waals surface area contributed by atoms with Gasteiger partial charge >= 0.3 is 0 Å². The van der Waals surface area contributed by atoms with Crippen molar-refractivity contribution in [3.63, 3.8) is 0 Å². The summed E-state index contributed by atoms with van der Waals surface area (Å²) in [5.74, 6) is 0. The maximum absolute atomic E-state index is 2.76. The van der Waals surface area contributed by atoms with Crippen LogP contribution < -0.4 is 9.80 Å². The fourth-order valence-corrected chi connectivity index (χ4v) is 16.1. The third kappa shape index (κ3) is 4.77. The van der Waals surface area contributed by atoms with Gasteiger partial charge in [0, 0.05) is 43.8 Å². The van der Waals surface area contributed by atoms with Gasteiger partial charge in [0.1, 0.15) is 0 Å². The molecule has 1 spiro atoms. The SMILES string of the molecule is c1ccc(-c2cc3c4c(c2)-c2cccc5c(-c6ccccc6)cc6c(c25)N4c2c(ccc4cccc-3c24)C62c3ccc4cccc5c4c3N3c4c-5cc(-c5ccccc5)cc4-c4cccc5c(-c6ccccc6)cc2c3c45)cc1. The Balaban J connectivity index is 1.05. The van der Waals surface area contributed by atoms with E-state index in [0.717, 1.165) is 0 Å². The average molecular weight is 995 g/mol. The van der Waals surface area contributed by atoms with Crippen molar-refractivity contribution in [3.05, 3.63) is 277 Å². The standard InChI is InChI=1S/C77H42N2/c1-5-17-43(18-6-1)49-37-59-53-27-13-25-47-33-35-63-73(67(47)53)78-71(59)61(39-49)55-31-15-29-51-57(45-21-9-3-10-22-45)41-65(75(78)69(51)55)77(63)64-36-34-48-26-14-28-54-60-38-50(44-19-7-2-8-20-44)40-62-56-32-16-30-52-58(46-23-11-4-12-24-46)42-66(77)76(70(52)56)79(72(60)62)74(64)68(48)54/h1-42H.